The number of aromatic hydroxyl groups is 1. The summed E-state index contributed by atoms with van der Waals surface area (Å²) in [6.45, 7) is 3.43. The lowest BCUT2D eigenvalue weighted by molar-refractivity contribution is 0.171. The fourth-order valence-electron chi connectivity index (χ4n) is 1.71. The molecule has 0 saturated carbocycles. The second-order valence-corrected chi connectivity index (χ2v) is 4.07. The lowest BCUT2D eigenvalue weighted by Gasteiger charge is -2.13. The Kier molecular flexibility index (Phi) is 3.71. The molecule has 0 fully saturated rings. The van der Waals surface area contributed by atoms with Crippen LogP contribution in [-0.4, -0.2) is 31.7 Å². The molecule has 5 heteroatoms. The van der Waals surface area contributed by atoms with Crippen molar-refractivity contribution in [1.29, 1.82) is 0 Å². The highest BCUT2D eigenvalue weighted by atomic mass is 16.7. The Labute approximate surface area is 100 Å². The Morgan fingerprint density at radius 3 is 2.82 bits per heavy atom. The predicted octanol–water partition coefficient (Wildman–Crippen LogP) is 1.25. The van der Waals surface area contributed by atoms with E-state index >= 15 is 0 Å². The van der Waals surface area contributed by atoms with Crippen molar-refractivity contribution in [3.05, 3.63) is 17.7 Å². The zero-order chi connectivity index (χ0) is 12.3. The molecule has 0 aromatic heterocycles. The zero-order valence-corrected chi connectivity index (χ0v) is 10.0. The largest absolute Gasteiger partial charge is 0.507 e. The third-order valence-electron chi connectivity index (χ3n) is 2.63. The Morgan fingerprint density at radius 1 is 1.41 bits per heavy atom. The molecule has 0 amide bonds. The van der Waals surface area contributed by atoms with Crippen LogP contribution in [-0.2, 0) is 11.3 Å². The number of hydrogen-bond donors (Lipinski definition) is 2. The van der Waals surface area contributed by atoms with Gasteiger partial charge in [0.25, 0.3) is 0 Å². The molecular formula is C12H17NO4. The number of rotatable bonds is 5. The van der Waals surface area contributed by atoms with Crippen molar-refractivity contribution >= 4 is 0 Å². The number of fused-ring (bicyclic) bond motifs is 1. The smallest absolute Gasteiger partial charge is 0.231 e. The molecule has 0 spiro atoms. The number of phenols is 1. The normalized spacial score (nSPS) is 14.9. The maximum Gasteiger partial charge on any atom is 0.231 e. The number of methoxy groups -OCH3 is 1. The summed E-state index contributed by atoms with van der Waals surface area (Å²) in [7, 11) is 1.66. The van der Waals surface area contributed by atoms with Crippen LogP contribution >= 0.6 is 0 Å². The van der Waals surface area contributed by atoms with Crippen molar-refractivity contribution in [3.63, 3.8) is 0 Å². The van der Waals surface area contributed by atoms with E-state index < -0.39 is 0 Å². The highest BCUT2D eigenvalue weighted by molar-refractivity contribution is 5.51. The maximum atomic E-state index is 9.81. The molecular weight excluding hydrogens is 222 g/mol. The van der Waals surface area contributed by atoms with Gasteiger partial charge in [-0.2, -0.15) is 0 Å². The van der Waals surface area contributed by atoms with Gasteiger partial charge in [-0.15, -0.1) is 0 Å². The fraction of sp³-hybridized carbons (Fsp3) is 0.500. The molecule has 1 aliphatic heterocycles. The van der Waals surface area contributed by atoms with Gasteiger partial charge in [0.1, 0.15) is 5.75 Å². The molecule has 1 unspecified atom stereocenters. The summed E-state index contributed by atoms with van der Waals surface area (Å²) >= 11 is 0. The first-order valence-electron chi connectivity index (χ1n) is 5.54. The van der Waals surface area contributed by atoms with Crippen molar-refractivity contribution in [1.82, 2.24) is 5.32 Å². The van der Waals surface area contributed by atoms with Crippen LogP contribution in [0.3, 0.4) is 0 Å². The zero-order valence-electron chi connectivity index (χ0n) is 10.0. The summed E-state index contributed by atoms with van der Waals surface area (Å²) in [6, 6.07) is 3.61. The SMILES string of the molecule is COCC(C)NCc1cc2c(cc1O)OCO2. The molecule has 0 aliphatic carbocycles. The molecule has 2 N–H and O–H groups in total. The van der Waals surface area contributed by atoms with Gasteiger partial charge in [0, 0.05) is 31.3 Å². The van der Waals surface area contributed by atoms with Crippen LogP contribution < -0.4 is 14.8 Å². The van der Waals surface area contributed by atoms with E-state index in [0.717, 1.165) is 5.56 Å². The average molecular weight is 239 g/mol. The summed E-state index contributed by atoms with van der Waals surface area (Å²) in [4.78, 5) is 0. The van der Waals surface area contributed by atoms with Gasteiger partial charge in [0.15, 0.2) is 11.5 Å². The Balaban J connectivity index is 2.01. The van der Waals surface area contributed by atoms with Crippen LogP contribution in [0.4, 0.5) is 0 Å². The predicted molar refractivity (Wildman–Crippen MR) is 62.4 cm³/mol. The fourth-order valence-corrected chi connectivity index (χ4v) is 1.71. The van der Waals surface area contributed by atoms with E-state index in [1.165, 1.54) is 0 Å². The van der Waals surface area contributed by atoms with E-state index in [1.54, 1.807) is 19.2 Å². The minimum absolute atomic E-state index is 0.214. The monoisotopic (exact) mass is 239 g/mol. The molecule has 1 aromatic rings. The second kappa shape index (κ2) is 5.25. The molecule has 17 heavy (non-hydrogen) atoms. The minimum atomic E-state index is 0.214. The second-order valence-electron chi connectivity index (χ2n) is 4.07. The van der Waals surface area contributed by atoms with Crippen molar-refractivity contribution < 1.29 is 19.3 Å². The standard InChI is InChI=1S/C12H17NO4/c1-8(6-15-2)13-5-9-3-11-12(4-10(9)14)17-7-16-11/h3-4,8,13-14H,5-7H2,1-2H3. The molecule has 1 aliphatic rings. The molecule has 2 rings (SSSR count). The Morgan fingerprint density at radius 2 is 2.12 bits per heavy atom. The first kappa shape index (κ1) is 12.0. The van der Waals surface area contributed by atoms with Crippen molar-refractivity contribution in [2.45, 2.75) is 19.5 Å². The number of nitrogens with one attached hydrogen (secondary N) is 1. The third-order valence-corrected chi connectivity index (χ3v) is 2.63. The van der Waals surface area contributed by atoms with E-state index in [0.29, 0.717) is 24.7 Å². The Bertz CT molecular complexity index is 394. The first-order chi connectivity index (χ1) is 8.20. The van der Waals surface area contributed by atoms with Gasteiger partial charge in [0.05, 0.1) is 6.61 Å². The molecule has 94 valence electrons. The molecule has 5 nitrogen and oxygen atoms in total. The lowest BCUT2D eigenvalue weighted by Crippen LogP contribution is -2.29. The van der Waals surface area contributed by atoms with Crippen molar-refractivity contribution in [3.8, 4) is 17.2 Å². The first-order valence-corrected chi connectivity index (χ1v) is 5.54. The summed E-state index contributed by atoms with van der Waals surface area (Å²) in [5, 5.41) is 13.1. The summed E-state index contributed by atoms with van der Waals surface area (Å²) in [6.07, 6.45) is 0. The number of phenolic OH excluding ortho intramolecular Hbond substituents is 1. The van der Waals surface area contributed by atoms with Crippen LogP contribution in [0.25, 0.3) is 0 Å². The van der Waals surface area contributed by atoms with E-state index in [9.17, 15) is 5.11 Å². The minimum Gasteiger partial charge on any atom is -0.507 e. The van der Waals surface area contributed by atoms with Gasteiger partial charge >= 0.3 is 0 Å². The molecule has 0 radical (unpaired) electrons. The van der Waals surface area contributed by atoms with Gasteiger partial charge < -0.3 is 24.6 Å². The van der Waals surface area contributed by atoms with Gasteiger partial charge in [-0.05, 0) is 13.0 Å². The van der Waals surface area contributed by atoms with E-state index in [4.69, 9.17) is 14.2 Å². The topological polar surface area (TPSA) is 60.0 Å². The van der Waals surface area contributed by atoms with Gasteiger partial charge in [0.2, 0.25) is 6.79 Å². The number of hydrogen-bond acceptors (Lipinski definition) is 5. The molecule has 1 aromatic carbocycles. The van der Waals surface area contributed by atoms with Crippen LogP contribution in [0.15, 0.2) is 12.1 Å². The van der Waals surface area contributed by atoms with Crippen LogP contribution in [0.5, 0.6) is 17.2 Å². The molecule has 0 saturated heterocycles. The van der Waals surface area contributed by atoms with Crippen LogP contribution in [0.2, 0.25) is 0 Å². The van der Waals surface area contributed by atoms with Gasteiger partial charge in [-0.25, -0.2) is 0 Å². The highest BCUT2D eigenvalue weighted by Gasteiger charge is 2.17. The quantitative estimate of drug-likeness (QED) is 0.809. The number of ether oxygens (including phenoxy) is 3. The third kappa shape index (κ3) is 2.81. The van der Waals surface area contributed by atoms with E-state index in [-0.39, 0.29) is 18.6 Å². The summed E-state index contributed by atoms with van der Waals surface area (Å²) in [5.41, 5.74) is 0.789. The molecule has 1 atom stereocenters. The van der Waals surface area contributed by atoms with Crippen LogP contribution in [0.1, 0.15) is 12.5 Å². The van der Waals surface area contributed by atoms with Crippen molar-refractivity contribution in [2.24, 2.45) is 0 Å². The highest BCUT2D eigenvalue weighted by Crippen LogP contribution is 2.37. The molecule has 1 heterocycles. The lowest BCUT2D eigenvalue weighted by atomic mass is 10.1. The maximum absolute atomic E-state index is 9.81. The summed E-state index contributed by atoms with van der Waals surface area (Å²) < 4.78 is 15.5. The van der Waals surface area contributed by atoms with Gasteiger partial charge in [-0.1, -0.05) is 0 Å². The summed E-state index contributed by atoms with van der Waals surface area (Å²) in [5.74, 6) is 1.49. The van der Waals surface area contributed by atoms with Crippen LogP contribution in [0, 0.1) is 0 Å². The van der Waals surface area contributed by atoms with Gasteiger partial charge in [-0.3, -0.25) is 0 Å². The molecule has 0 bridgehead atoms. The average Bonchev–Trinajstić information content (AvgIpc) is 2.73. The van der Waals surface area contributed by atoms with Crippen molar-refractivity contribution in [2.75, 3.05) is 20.5 Å². The number of benzene rings is 1. The van der Waals surface area contributed by atoms with E-state index in [2.05, 4.69) is 5.32 Å². The van der Waals surface area contributed by atoms with E-state index in [1.807, 2.05) is 6.92 Å². The Hall–Kier alpha value is -1.46.